The van der Waals surface area contributed by atoms with E-state index in [-0.39, 0.29) is 0 Å². The molecule has 0 saturated carbocycles. The molecule has 84 valence electrons. The Kier molecular flexibility index (Phi) is 2.58. The number of benzene rings is 1. The molecular formula is C14H12N2O. The van der Waals surface area contributed by atoms with Crippen LogP contribution in [0.2, 0.25) is 0 Å². The number of aromatic nitrogens is 1. The Balaban J connectivity index is 1.82. The summed E-state index contributed by atoms with van der Waals surface area (Å²) in [6.07, 6.45) is 9.88. The fraction of sp³-hybridized carbons (Fsp3) is 0.143. The van der Waals surface area contributed by atoms with Gasteiger partial charge in [0.15, 0.2) is 5.58 Å². The van der Waals surface area contributed by atoms with Gasteiger partial charge in [0.2, 0.25) is 5.89 Å². The molecule has 0 saturated heterocycles. The zero-order valence-electron chi connectivity index (χ0n) is 9.28. The number of oxazole rings is 1. The summed E-state index contributed by atoms with van der Waals surface area (Å²) in [5, 5.41) is 0. The topological polar surface area (TPSA) is 38.4 Å². The molecule has 1 aliphatic heterocycles. The summed E-state index contributed by atoms with van der Waals surface area (Å²) in [6.45, 7) is 0.799. The van der Waals surface area contributed by atoms with Crippen molar-refractivity contribution in [2.45, 2.75) is 0 Å². The van der Waals surface area contributed by atoms with E-state index in [0.717, 1.165) is 17.6 Å². The second-order valence-corrected chi connectivity index (χ2v) is 3.94. The molecule has 1 aromatic carbocycles. The van der Waals surface area contributed by atoms with Gasteiger partial charge in [0.1, 0.15) is 5.52 Å². The summed E-state index contributed by atoms with van der Waals surface area (Å²) in [5.74, 6) is 0.990. The first-order valence-electron chi connectivity index (χ1n) is 5.62. The molecule has 0 aliphatic carbocycles. The molecule has 3 nitrogen and oxygen atoms in total. The first-order chi connectivity index (χ1) is 8.42. The maximum Gasteiger partial charge on any atom is 0.219 e. The summed E-state index contributed by atoms with van der Waals surface area (Å²) in [7, 11) is 0. The molecule has 0 fully saturated rings. The van der Waals surface area contributed by atoms with Gasteiger partial charge in [0, 0.05) is 18.7 Å². The van der Waals surface area contributed by atoms with Crippen molar-refractivity contribution >= 4 is 23.4 Å². The summed E-state index contributed by atoms with van der Waals surface area (Å²) in [6, 6.07) is 7.77. The van der Waals surface area contributed by atoms with Gasteiger partial charge in [0.25, 0.3) is 0 Å². The first kappa shape index (κ1) is 10.0. The second-order valence-electron chi connectivity index (χ2n) is 3.94. The first-order valence-corrected chi connectivity index (χ1v) is 5.62. The number of hydrogen-bond acceptors (Lipinski definition) is 3. The number of fused-ring (bicyclic) bond motifs is 1. The predicted molar refractivity (Wildman–Crippen MR) is 69.0 cm³/mol. The van der Waals surface area contributed by atoms with E-state index >= 15 is 0 Å². The van der Waals surface area contributed by atoms with E-state index in [9.17, 15) is 0 Å². The van der Waals surface area contributed by atoms with Crippen molar-refractivity contribution in [3.63, 3.8) is 0 Å². The number of hydrogen-bond donors (Lipinski definition) is 0. The Morgan fingerprint density at radius 2 is 2.24 bits per heavy atom. The summed E-state index contributed by atoms with van der Waals surface area (Å²) >= 11 is 0. The third-order valence-corrected chi connectivity index (χ3v) is 2.66. The Morgan fingerprint density at radius 1 is 1.29 bits per heavy atom. The van der Waals surface area contributed by atoms with Gasteiger partial charge in [-0.2, -0.15) is 0 Å². The predicted octanol–water partition coefficient (Wildman–Crippen LogP) is 3.10. The highest BCUT2D eigenvalue weighted by molar-refractivity contribution is 5.74. The van der Waals surface area contributed by atoms with Gasteiger partial charge in [-0.15, -0.1) is 0 Å². The maximum absolute atomic E-state index is 5.60. The molecule has 0 bridgehead atoms. The number of rotatable bonds is 2. The fourth-order valence-corrected chi connectivity index (χ4v) is 1.79. The van der Waals surface area contributed by atoms with E-state index in [4.69, 9.17) is 4.42 Å². The third kappa shape index (κ3) is 2.18. The SMILES string of the molecule is C1=CC(/C=C/c2nc3ccccc3o2)CN=C1. The summed E-state index contributed by atoms with van der Waals surface area (Å²) in [4.78, 5) is 8.58. The van der Waals surface area contributed by atoms with E-state index < -0.39 is 0 Å². The normalized spacial score (nSPS) is 19.4. The molecule has 1 atom stereocenters. The lowest BCUT2D eigenvalue weighted by molar-refractivity contribution is 0.588. The van der Waals surface area contributed by atoms with Crippen LogP contribution in [-0.2, 0) is 0 Å². The fourth-order valence-electron chi connectivity index (χ4n) is 1.79. The van der Waals surface area contributed by atoms with Crippen LogP contribution in [-0.4, -0.2) is 17.7 Å². The van der Waals surface area contributed by atoms with E-state index in [0.29, 0.717) is 11.8 Å². The maximum atomic E-state index is 5.60. The van der Waals surface area contributed by atoms with Crippen molar-refractivity contribution < 1.29 is 4.42 Å². The molecule has 1 aliphatic rings. The lowest BCUT2D eigenvalue weighted by Gasteiger charge is -2.05. The highest BCUT2D eigenvalue weighted by Crippen LogP contribution is 2.16. The van der Waals surface area contributed by atoms with Crippen LogP contribution in [0.5, 0.6) is 0 Å². The molecule has 1 aromatic heterocycles. The largest absolute Gasteiger partial charge is 0.437 e. The van der Waals surface area contributed by atoms with Crippen molar-refractivity contribution in [3.05, 3.63) is 48.4 Å². The van der Waals surface area contributed by atoms with E-state index in [1.165, 1.54) is 0 Å². The molecule has 17 heavy (non-hydrogen) atoms. The molecule has 0 radical (unpaired) electrons. The van der Waals surface area contributed by atoms with Crippen molar-refractivity contribution in [3.8, 4) is 0 Å². The monoisotopic (exact) mass is 224 g/mol. The molecular weight excluding hydrogens is 212 g/mol. The van der Waals surface area contributed by atoms with Crippen LogP contribution in [0.4, 0.5) is 0 Å². The van der Waals surface area contributed by atoms with Gasteiger partial charge in [0.05, 0.1) is 0 Å². The highest BCUT2D eigenvalue weighted by atomic mass is 16.3. The van der Waals surface area contributed by atoms with E-state index in [2.05, 4.69) is 22.1 Å². The molecule has 0 amide bonds. The minimum absolute atomic E-state index is 0.343. The van der Waals surface area contributed by atoms with Gasteiger partial charge in [-0.1, -0.05) is 24.3 Å². The quantitative estimate of drug-likeness (QED) is 0.786. The van der Waals surface area contributed by atoms with Crippen LogP contribution in [0.15, 0.2) is 51.9 Å². The standard InChI is InChI=1S/C14H12N2O/c1-2-6-13-12(5-1)16-14(17-13)8-7-11-4-3-9-15-10-11/h1-9,11H,10H2/b8-7+. The minimum Gasteiger partial charge on any atom is -0.437 e. The third-order valence-electron chi connectivity index (χ3n) is 2.66. The molecule has 1 unspecified atom stereocenters. The number of nitrogens with zero attached hydrogens (tertiary/aromatic N) is 2. The Labute approximate surface area is 99.2 Å². The molecule has 2 aromatic rings. The molecule has 0 spiro atoms. The number of dihydropyridines is 1. The second kappa shape index (κ2) is 4.37. The van der Waals surface area contributed by atoms with Crippen LogP contribution in [0, 0.1) is 5.92 Å². The van der Waals surface area contributed by atoms with Gasteiger partial charge in [-0.3, -0.25) is 4.99 Å². The minimum atomic E-state index is 0.343. The average molecular weight is 224 g/mol. The summed E-state index contributed by atoms with van der Waals surface area (Å²) < 4.78 is 5.60. The van der Waals surface area contributed by atoms with Crippen molar-refractivity contribution in [2.24, 2.45) is 10.9 Å². The van der Waals surface area contributed by atoms with Crippen molar-refractivity contribution in [2.75, 3.05) is 6.54 Å². The van der Waals surface area contributed by atoms with Crippen LogP contribution < -0.4 is 0 Å². The molecule has 3 rings (SSSR count). The zero-order chi connectivity index (χ0) is 11.5. The molecule has 0 N–H and O–H groups in total. The van der Waals surface area contributed by atoms with Gasteiger partial charge in [-0.25, -0.2) is 4.98 Å². The van der Waals surface area contributed by atoms with Crippen LogP contribution in [0.1, 0.15) is 5.89 Å². The van der Waals surface area contributed by atoms with Gasteiger partial charge < -0.3 is 4.42 Å². The van der Waals surface area contributed by atoms with Crippen molar-refractivity contribution in [1.29, 1.82) is 0 Å². The lowest BCUT2D eigenvalue weighted by Crippen LogP contribution is -2.00. The highest BCUT2D eigenvalue weighted by Gasteiger charge is 2.04. The lowest BCUT2D eigenvalue weighted by atomic mass is 10.1. The van der Waals surface area contributed by atoms with Crippen LogP contribution in [0.3, 0.4) is 0 Å². The number of aliphatic imine (C=N–C) groups is 1. The smallest absolute Gasteiger partial charge is 0.219 e. The van der Waals surface area contributed by atoms with Gasteiger partial charge >= 0.3 is 0 Å². The molecule has 2 heterocycles. The van der Waals surface area contributed by atoms with Crippen LogP contribution >= 0.6 is 0 Å². The Hall–Kier alpha value is -2.16. The zero-order valence-corrected chi connectivity index (χ0v) is 9.28. The number of para-hydroxylation sites is 2. The van der Waals surface area contributed by atoms with E-state index in [1.54, 1.807) is 0 Å². The Morgan fingerprint density at radius 3 is 3.06 bits per heavy atom. The Bertz CT molecular complexity index is 574. The van der Waals surface area contributed by atoms with E-state index in [1.807, 2.05) is 42.6 Å². The summed E-state index contributed by atoms with van der Waals surface area (Å²) in [5.41, 5.74) is 1.72. The van der Waals surface area contributed by atoms with Crippen molar-refractivity contribution in [1.82, 2.24) is 4.98 Å². The van der Waals surface area contributed by atoms with Crippen LogP contribution in [0.25, 0.3) is 17.2 Å². The number of allylic oxidation sites excluding steroid dienone is 1. The average Bonchev–Trinajstić information content (AvgIpc) is 2.80. The molecule has 3 heteroatoms. The van der Waals surface area contributed by atoms with Gasteiger partial charge in [-0.05, 0) is 24.3 Å².